The summed E-state index contributed by atoms with van der Waals surface area (Å²) in [5, 5.41) is 11.0. The Morgan fingerprint density at radius 2 is 2.15 bits per heavy atom. The lowest BCUT2D eigenvalue weighted by molar-refractivity contribution is -0.309. The number of amides is 1. The van der Waals surface area contributed by atoms with Crippen molar-refractivity contribution in [3.8, 4) is 11.5 Å². The molecule has 1 aliphatic heterocycles. The van der Waals surface area contributed by atoms with Gasteiger partial charge in [-0.3, -0.25) is 9.69 Å². The Kier molecular flexibility index (Phi) is 7.05. The SMILES string of the molecule is CCCCOc1ccc(C=C2SC(=S)N(C(C)C(=O)[O-])C2=O)cc1OC. The van der Waals surface area contributed by atoms with E-state index >= 15 is 0 Å². The van der Waals surface area contributed by atoms with E-state index in [9.17, 15) is 14.7 Å². The van der Waals surface area contributed by atoms with E-state index in [1.54, 1.807) is 31.4 Å². The number of methoxy groups -OCH3 is 1. The molecule has 0 spiro atoms. The quantitative estimate of drug-likeness (QED) is 0.380. The van der Waals surface area contributed by atoms with Gasteiger partial charge >= 0.3 is 0 Å². The van der Waals surface area contributed by atoms with E-state index in [4.69, 9.17) is 21.7 Å². The van der Waals surface area contributed by atoms with Gasteiger partial charge < -0.3 is 19.4 Å². The highest BCUT2D eigenvalue weighted by Crippen LogP contribution is 2.35. The minimum absolute atomic E-state index is 0.199. The zero-order chi connectivity index (χ0) is 19.3. The van der Waals surface area contributed by atoms with Gasteiger partial charge in [-0.1, -0.05) is 43.4 Å². The van der Waals surface area contributed by atoms with Crippen molar-refractivity contribution in [1.82, 2.24) is 4.90 Å². The van der Waals surface area contributed by atoms with Crippen LogP contribution in [0.3, 0.4) is 0 Å². The fourth-order valence-corrected chi connectivity index (χ4v) is 3.71. The van der Waals surface area contributed by atoms with Crippen molar-refractivity contribution in [2.24, 2.45) is 0 Å². The maximum Gasteiger partial charge on any atom is 0.266 e. The van der Waals surface area contributed by atoms with E-state index in [0.717, 1.165) is 35.1 Å². The number of hydrogen-bond acceptors (Lipinski definition) is 7. The molecule has 1 atom stereocenters. The number of carbonyl (C=O) groups excluding carboxylic acids is 2. The Hall–Kier alpha value is -2.06. The van der Waals surface area contributed by atoms with Gasteiger partial charge in [-0.25, -0.2) is 0 Å². The second kappa shape index (κ2) is 9.05. The Balaban J connectivity index is 2.22. The highest BCUT2D eigenvalue weighted by atomic mass is 32.2. The third-order valence-corrected chi connectivity index (χ3v) is 5.12. The second-order valence-corrected chi connectivity index (χ2v) is 7.33. The standard InChI is InChI=1S/C18H21NO5S2/c1-4-5-8-24-13-7-6-12(9-14(13)23-3)10-15-16(20)19(18(25)26-15)11(2)17(21)22/h6-7,9-11H,4-5,8H2,1-3H3,(H,21,22)/p-1. The summed E-state index contributed by atoms with van der Waals surface area (Å²) in [7, 11) is 1.55. The maximum atomic E-state index is 12.5. The Morgan fingerprint density at radius 3 is 2.77 bits per heavy atom. The first-order valence-electron chi connectivity index (χ1n) is 8.17. The molecule has 1 unspecified atom stereocenters. The van der Waals surface area contributed by atoms with Crippen LogP contribution in [0.15, 0.2) is 23.1 Å². The summed E-state index contributed by atoms with van der Waals surface area (Å²) in [6.45, 7) is 4.06. The summed E-state index contributed by atoms with van der Waals surface area (Å²) in [6.07, 6.45) is 3.64. The van der Waals surface area contributed by atoms with Crippen LogP contribution in [0.4, 0.5) is 0 Å². The fraction of sp³-hybridized carbons (Fsp3) is 0.389. The van der Waals surface area contributed by atoms with E-state index in [1.165, 1.54) is 6.92 Å². The lowest BCUT2D eigenvalue weighted by atomic mass is 10.1. The van der Waals surface area contributed by atoms with Gasteiger partial charge in [-0.05, 0) is 37.1 Å². The molecule has 0 N–H and O–H groups in total. The van der Waals surface area contributed by atoms with Gasteiger partial charge in [0.25, 0.3) is 5.91 Å². The van der Waals surface area contributed by atoms with E-state index in [1.807, 2.05) is 0 Å². The van der Waals surface area contributed by atoms with E-state index in [2.05, 4.69) is 6.92 Å². The van der Waals surface area contributed by atoms with Gasteiger partial charge in [0.05, 0.1) is 30.6 Å². The van der Waals surface area contributed by atoms with Crippen molar-refractivity contribution in [3.63, 3.8) is 0 Å². The van der Waals surface area contributed by atoms with Gasteiger partial charge in [0.1, 0.15) is 4.32 Å². The zero-order valence-electron chi connectivity index (χ0n) is 14.8. The van der Waals surface area contributed by atoms with Crippen LogP contribution in [-0.2, 0) is 9.59 Å². The molecule has 1 aromatic carbocycles. The minimum Gasteiger partial charge on any atom is -0.548 e. The average molecular weight is 394 g/mol. The number of thiocarbonyl (C=S) groups is 1. The Bertz CT molecular complexity index is 747. The van der Waals surface area contributed by atoms with Crippen LogP contribution in [0.5, 0.6) is 11.5 Å². The van der Waals surface area contributed by atoms with Crippen LogP contribution in [0.25, 0.3) is 6.08 Å². The molecule has 1 fully saturated rings. The number of rotatable bonds is 8. The highest BCUT2D eigenvalue weighted by Gasteiger charge is 2.35. The zero-order valence-corrected chi connectivity index (χ0v) is 16.4. The fourth-order valence-electron chi connectivity index (χ4n) is 2.29. The average Bonchev–Trinajstić information content (AvgIpc) is 2.88. The van der Waals surface area contributed by atoms with Crippen molar-refractivity contribution < 1.29 is 24.2 Å². The smallest absolute Gasteiger partial charge is 0.266 e. The van der Waals surface area contributed by atoms with Crippen LogP contribution in [0.2, 0.25) is 0 Å². The monoisotopic (exact) mass is 394 g/mol. The first kappa shape index (κ1) is 20.3. The van der Waals surface area contributed by atoms with Crippen LogP contribution >= 0.6 is 24.0 Å². The summed E-state index contributed by atoms with van der Waals surface area (Å²) >= 11 is 6.19. The summed E-state index contributed by atoms with van der Waals surface area (Å²) in [6, 6.07) is 4.23. The number of benzene rings is 1. The molecule has 0 radical (unpaired) electrons. The van der Waals surface area contributed by atoms with Crippen LogP contribution in [0.1, 0.15) is 32.3 Å². The topological polar surface area (TPSA) is 78.9 Å². The third kappa shape index (κ3) is 4.56. The summed E-state index contributed by atoms with van der Waals surface area (Å²) in [5.74, 6) is -0.596. The van der Waals surface area contributed by atoms with Crippen LogP contribution in [-0.4, -0.2) is 40.9 Å². The van der Waals surface area contributed by atoms with Gasteiger partial charge in [0.15, 0.2) is 11.5 Å². The van der Waals surface area contributed by atoms with Crippen molar-refractivity contribution in [3.05, 3.63) is 28.7 Å². The molecule has 1 aromatic rings. The van der Waals surface area contributed by atoms with E-state index < -0.39 is 17.9 Å². The maximum absolute atomic E-state index is 12.5. The molecule has 1 aliphatic rings. The Morgan fingerprint density at radius 1 is 1.42 bits per heavy atom. The number of nitrogens with zero attached hydrogens (tertiary/aromatic N) is 1. The number of carboxylic acid groups (broad SMARTS) is 1. The predicted molar refractivity (Wildman–Crippen MR) is 103 cm³/mol. The number of thioether (sulfide) groups is 1. The molecule has 1 saturated heterocycles. The van der Waals surface area contributed by atoms with Crippen molar-refractivity contribution in [2.45, 2.75) is 32.7 Å². The second-order valence-electron chi connectivity index (χ2n) is 5.66. The summed E-state index contributed by atoms with van der Waals surface area (Å²) < 4.78 is 11.2. The highest BCUT2D eigenvalue weighted by molar-refractivity contribution is 8.26. The van der Waals surface area contributed by atoms with Gasteiger partial charge in [0, 0.05) is 0 Å². The van der Waals surface area contributed by atoms with Gasteiger partial charge in [-0.2, -0.15) is 0 Å². The van der Waals surface area contributed by atoms with Gasteiger partial charge in [0.2, 0.25) is 0 Å². The number of ether oxygens (including phenoxy) is 2. The van der Waals surface area contributed by atoms with Crippen LogP contribution in [0, 0.1) is 0 Å². The Labute approximate surface area is 162 Å². The minimum atomic E-state index is -1.35. The van der Waals surface area contributed by atoms with E-state index in [0.29, 0.717) is 23.0 Å². The normalized spacial score (nSPS) is 16.9. The molecule has 1 amide bonds. The molecule has 8 heteroatoms. The molecule has 0 aliphatic carbocycles. The lowest BCUT2D eigenvalue weighted by Gasteiger charge is -2.23. The number of unbranched alkanes of at least 4 members (excludes halogenated alkanes) is 1. The number of aliphatic carboxylic acids is 1. The largest absolute Gasteiger partial charge is 0.548 e. The predicted octanol–water partition coefficient (Wildman–Crippen LogP) is 2.21. The number of carbonyl (C=O) groups is 2. The summed E-state index contributed by atoms with van der Waals surface area (Å²) in [4.78, 5) is 24.9. The first-order chi connectivity index (χ1) is 12.4. The lowest BCUT2D eigenvalue weighted by Crippen LogP contribution is -2.48. The molecule has 0 aromatic heterocycles. The first-order valence-corrected chi connectivity index (χ1v) is 9.40. The molecular weight excluding hydrogens is 374 g/mol. The third-order valence-electron chi connectivity index (χ3n) is 3.79. The van der Waals surface area contributed by atoms with Crippen molar-refractivity contribution in [1.29, 1.82) is 0 Å². The number of hydrogen-bond donors (Lipinski definition) is 0. The van der Waals surface area contributed by atoms with Crippen molar-refractivity contribution in [2.75, 3.05) is 13.7 Å². The summed E-state index contributed by atoms with van der Waals surface area (Å²) in [5.41, 5.74) is 0.728. The van der Waals surface area contributed by atoms with Crippen molar-refractivity contribution >= 4 is 46.3 Å². The van der Waals surface area contributed by atoms with E-state index in [-0.39, 0.29) is 4.32 Å². The molecule has 0 bridgehead atoms. The molecule has 6 nitrogen and oxygen atoms in total. The molecule has 26 heavy (non-hydrogen) atoms. The van der Waals surface area contributed by atoms with Crippen LogP contribution < -0.4 is 14.6 Å². The molecule has 140 valence electrons. The molecule has 2 rings (SSSR count). The molecule has 0 saturated carbocycles. The molecular formula is C18H20NO5S2-. The molecule has 1 heterocycles. The van der Waals surface area contributed by atoms with Gasteiger partial charge in [-0.15, -0.1) is 0 Å². The number of carboxylic acids is 1.